The lowest BCUT2D eigenvalue weighted by molar-refractivity contribution is -0.115. The first-order valence-corrected chi connectivity index (χ1v) is 12.6. The van der Waals surface area contributed by atoms with Crippen molar-refractivity contribution in [3.63, 3.8) is 0 Å². The summed E-state index contributed by atoms with van der Waals surface area (Å²) >= 11 is 6.21. The Kier molecular flexibility index (Phi) is 6.07. The fourth-order valence-corrected chi connectivity index (χ4v) is 6.15. The second-order valence-electron chi connectivity index (χ2n) is 8.94. The molecule has 5 rings (SSSR count). The Morgan fingerprint density at radius 2 is 1.81 bits per heavy atom. The maximum atomic E-state index is 15.1. The number of pyridine rings is 1. The Bertz CT molecular complexity index is 1180. The van der Waals surface area contributed by atoms with Gasteiger partial charge in [0.2, 0.25) is 0 Å². The van der Waals surface area contributed by atoms with Crippen LogP contribution in [0.25, 0.3) is 17.0 Å². The third-order valence-corrected chi connectivity index (χ3v) is 7.92. The Morgan fingerprint density at radius 1 is 1.09 bits per heavy atom. The van der Waals surface area contributed by atoms with E-state index >= 15 is 4.39 Å². The average Bonchev–Trinajstić information content (AvgIpc) is 3.41. The van der Waals surface area contributed by atoms with Gasteiger partial charge in [0.05, 0.1) is 16.1 Å². The van der Waals surface area contributed by atoms with E-state index in [1.54, 1.807) is 6.08 Å². The maximum absolute atomic E-state index is 15.1. The topological polar surface area (TPSA) is 63.1 Å². The summed E-state index contributed by atoms with van der Waals surface area (Å²) in [6, 6.07) is 3.70. The minimum absolute atomic E-state index is 0.259. The first kappa shape index (κ1) is 21.6. The fraction of sp³-hybridized carbons (Fsp3) is 0.458. The predicted molar refractivity (Wildman–Crippen MR) is 132 cm³/mol. The summed E-state index contributed by atoms with van der Waals surface area (Å²) in [7, 11) is 0. The summed E-state index contributed by atoms with van der Waals surface area (Å²) in [5.41, 5.74) is 1.34. The summed E-state index contributed by atoms with van der Waals surface area (Å²) in [5, 5.41) is 6.32. The van der Waals surface area contributed by atoms with E-state index in [4.69, 9.17) is 12.2 Å². The molecule has 2 heterocycles. The van der Waals surface area contributed by atoms with Crippen LogP contribution in [0.2, 0.25) is 0 Å². The van der Waals surface area contributed by atoms with Gasteiger partial charge in [-0.25, -0.2) is 4.39 Å². The summed E-state index contributed by atoms with van der Waals surface area (Å²) in [6.45, 7) is 0. The van der Waals surface area contributed by atoms with Gasteiger partial charge in [-0.05, 0) is 43.9 Å². The highest BCUT2D eigenvalue weighted by molar-refractivity contribution is 8.26. The minimum atomic E-state index is -0.405. The number of nitrogens with zero attached hydrogens (tertiary/aromatic N) is 1. The predicted octanol–water partition coefficient (Wildman–Crippen LogP) is 5.49. The Balaban J connectivity index is 1.62. The molecule has 5 nitrogen and oxygen atoms in total. The van der Waals surface area contributed by atoms with Crippen LogP contribution in [0.4, 0.5) is 10.1 Å². The van der Waals surface area contributed by atoms with Gasteiger partial charge in [-0.15, -0.1) is 0 Å². The molecular formula is C24H26FN3O2S2. The molecule has 2 aliphatic carbocycles. The zero-order valence-electron chi connectivity index (χ0n) is 17.8. The summed E-state index contributed by atoms with van der Waals surface area (Å²) in [4.78, 5) is 25.8. The number of rotatable bonds is 4. The molecule has 1 saturated heterocycles. The van der Waals surface area contributed by atoms with Crippen molar-refractivity contribution in [3.05, 3.63) is 44.8 Å². The first-order chi connectivity index (χ1) is 15.5. The number of nitrogens with one attached hydrogen (secondary N) is 2. The molecule has 0 spiro atoms. The molecule has 2 aromatic rings. The van der Waals surface area contributed by atoms with E-state index in [9.17, 15) is 9.59 Å². The average molecular weight is 472 g/mol. The number of anilines is 1. The maximum Gasteiger partial charge on any atom is 0.263 e. The van der Waals surface area contributed by atoms with Crippen LogP contribution in [-0.2, 0) is 4.79 Å². The van der Waals surface area contributed by atoms with E-state index in [0.717, 1.165) is 68.6 Å². The molecule has 8 heteroatoms. The van der Waals surface area contributed by atoms with Gasteiger partial charge in [0.25, 0.3) is 5.91 Å². The van der Waals surface area contributed by atoms with Gasteiger partial charge >= 0.3 is 0 Å². The lowest BCUT2D eigenvalue weighted by Crippen LogP contribution is -2.23. The Morgan fingerprint density at radius 3 is 2.50 bits per heavy atom. The van der Waals surface area contributed by atoms with Crippen LogP contribution >= 0.6 is 24.0 Å². The quantitative estimate of drug-likeness (QED) is 0.456. The van der Waals surface area contributed by atoms with E-state index in [-0.39, 0.29) is 23.4 Å². The molecule has 0 atom stereocenters. The van der Waals surface area contributed by atoms with Crippen molar-refractivity contribution in [2.75, 3.05) is 5.32 Å². The van der Waals surface area contributed by atoms with E-state index in [0.29, 0.717) is 25.9 Å². The number of benzene rings is 1. The van der Waals surface area contributed by atoms with Gasteiger partial charge in [0, 0.05) is 29.2 Å². The summed E-state index contributed by atoms with van der Waals surface area (Å²) in [5.74, 6) is -0.706. The van der Waals surface area contributed by atoms with Crippen molar-refractivity contribution in [2.24, 2.45) is 0 Å². The molecule has 168 valence electrons. The SMILES string of the molecule is O=C1NC(=S)S/C1=C\c1cn(C2CCCC2)c2cc(NC3CCCCC3)c(F)cc2c1=O. The molecule has 32 heavy (non-hydrogen) atoms. The molecule has 0 bridgehead atoms. The molecule has 0 radical (unpaired) electrons. The number of thiocarbonyl (C=S) groups is 1. The number of carbonyl (C=O) groups excluding carboxylic acids is 1. The van der Waals surface area contributed by atoms with Crippen molar-refractivity contribution < 1.29 is 9.18 Å². The van der Waals surface area contributed by atoms with Crippen molar-refractivity contribution in [1.29, 1.82) is 0 Å². The van der Waals surface area contributed by atoms with Crippen LogP contribution in [-0.4, -0.2) is 20.8 Å². The van der Waals surface area contributed by atoms with Crippen LogP contribution in [0.1, 0.15) is 69.4 Å². The number of aromatic nitrogens is 1. The summed E-state index contributed by atoms with van der Waals surface area (Å²) in [6.07, 6.45) is 13.4. The highest BCUT2D eigenvalue weighted by atomic mass is 32.2. The minimum Gasteiger partial charge on any atom is -0.380 e. The van der Waals surface area contributed by atoms with Crippen molar-refractivity contribution >= 4 is 56.9 Å². The van der Waals surface area contributed by atoms with Gasteiger partial charge in [-0.2, -0.15) is 0 Å². The van der Waals surface area contributed by atoms with E-state index < -0.39 is 5.82 Å². The Labute approximate surface area is 195 Å². The standard InChI is InChI=1S/C24H26FN3O2S2/c25-18-11-17-20(12-19(18)26-15-6-2-1-3-7-15)28(16-8-4-5-9-16)13-14(22(17)29)10-21-23(30)27-24(31)32-21/h10-13,15-16,26H,1-9H2,(H,27,30,31)/b21-10-. The molecule has 1 amide bonds. The molecule has 2 N–H and O–H groups in total. The van der Waals surface area contributed by atoms with Crippen molar-refractivity contribution in [3.8, 4) is 0 Å². The van der Waals surface area contributed by atoms with Gasteiger partial charge in [0.1, 0.15) is 10.1 Å². The second-order valence-corrected chi connectivity index (χ2v) is 10.7. The van der Waals surface area contributed by atoms with E-state index in [1.165, 1.54) is 12.5 Å². The number of thioether (sulfide) groups is 1. The monoisotopic (exact) mass is 471 g/mol. The van der Waals surface area contributed by atoms with Crippen LogP contribution in [0, 0.1) is 5.82 Å². The molecule has 1 aromatic heterocycles. The first-order valence-electron chi connectivity index (χ1n) is 11.4. The van der Waals surface area contributed by atoms with Gasteiger partial charge in [-0.1, -0.05) is 56.1 Å². The van der Waals surface area contributed by atoms with Crippen LogP contribution < -0.4 is 16.1 Å². The van der Waals surface area contributed by atoms with Crippen LogP contribution in [0.15, 0.2) is 28.0 Å². The number of fused-ring (bicyclic) bond motifs is 1. The van der Waals surface area contributed by atoms with Crippen LogP contribution in [0.3, 0.4) is 0 Å². The lowest BCUT2D eigenvalue weighted by Gasteiger charge is -2.25. The molecule has 3 aliphatic rings. The molecule has 0 unspecified atom stereocenters. The van der Waals surface area contributed by atoms with E-state index in [2.05, 4.69) is 15.2 Å². The molecular weight excluding hydrogens is 445 g/mol. The largest absolute Gasteiger partial charge is 0.380 e. The number of carbonyl (C=O) groups is 1. The highest BCUT2D eigenvalue weighted by Crippen LogP contribution is 2.34. The van der Waals surface area contributed by atoms with Crippen LogP contribution in [0.5, 0.6) is 0 Å². The van der Waals surface area contributed by atoms with Gasteiger partial charge in [-0.3, -0.25) is 9.59 Å². The Hall–Kier alpha value is -2.19. The molecule has 2 saturated carbocycles. The zero-order chi connectivity index (χ0) is 22.2. The summed E-state index contributed by atoms with van der Waals surface area (Å²) < 4.78 is 17.6. The normalized spacial score (nSPS) is 21.6. The van der Waals surface area contributed by atoms with Crippen molar-refractivity contribution in [1.82, 2.24) is 9.88 Å². The molecule has 1 aromatic carbocycles. The lowest BCUT2D eigenvalue weighted by atomic mass is 9.95. The van der Waals surface area contributed by atoms with Gasteiger partial charge in [0.15, 0.2) is 5.43 Å². The number of amides is 1. The fourth-order valence-electron chi connectivity index (χ4n) is 5.12. The third kappa shape index (κ3) is 4.22. The van der Waals surface area contributed by atoms with E-state index in [1.807, 2.05) is 12.3 Å². The van der Waals surface area contributed by atoms with Crippen molar-refractivity contribution in [2.45, 2.75) is 69.9 Å². The second kappa shape index (κ2) is 8.98. The van der Waals surface area contributed by atoms with Gasteiger partial charge < -0.3 is 15.2 Å². The third-order valence-electron chi connectivity index (χ3n) is 6.76. The molecule has 1 aliphatic heterocycles. The highest BCUT2D eigenvalue weighted by Gasteiger charge is 2.25. The smallest absolute Gasteiger partial charge is 0.263 e. The number of hydrogen-bond donors (Lipinski definition) is 2. The number of halogens is 1. The number of hydrogen-bond acceptors (Lipinski definition) is 5. The zero-order valence-corrected chi connectivity index (χ0v) is 19.4. The molecule has 3 fully saturated rings.